The van der Waals surface area contributed by atoms with Gasteiger partial charge in [-0.2, -0.15) is 0 Å². The average Bonchev–Trinajstić information content (AvgIpc) is 2.62. The smallest absolute Gasteiger partial charge is 0.258 e. The van der Waals surface area contributed by atoms with Gasteiger partial charge in [-0.05, 0) is 44.5 Å². The highest BCUT2D eigenvalue weighted by Gasteiger charge is 2.16. The number of benzene rings is 2. The number of nitrogens with one attached hydrogen (secondary N) is 2. The largest absolute Gasteiger partial charge is 0.505 e. The van der Waals surface area contributed by atoms with E-state index < -0.39 is 0 Å². The van der Waals surface area contributed by atoms with Gasteiger partial charge >= 0.3 is 0 Å². The zero-order valence-corrected chi connectivity index (χ0v) is 18.8. The Morgan fingerprint density at radius 3 is 2.21 bits per heavy atom. The zero-order valence-electron chi connectivity index (χ0n) is 16.5. The number of carbonyl (C=O) groups is 1. The van der Waals surface area contributed by atoms with Crippen molar-refractivity contribution in [1.29, 1.82) is 0 Å². The van der Waals surface area contributed by atoms with Crippen molar-refractivity contribution in [1.82, 2.24) is 5.32 Å². The van der Waals surface area contributed by atoms with E-state index in [9.17, 15) is 9.90 Å². The van der Waals surface area contributed by atoms with Gasteiger partial charge in [0.15, 0.2) is 23.9 Å². The SMILES string of the molecule is COc1cc(CNc2cc(Cl)c(O)c(Cl)c2)c(Cl)cc1OCC(=O)NC(C)(C)C. The summed E-state index contributed by atoms with van der Waals surface area (Å²) in [6, 6.07) is 6.42. The van der Waals surface area contributed by atoms with E-state index in [0.29, 0.717) is 28.8 Å². The van der Waals surface area contributed by atoms with E-state index in [-0.39, 0.29) is 33.8 Å². The topological polar surface area (TPSA) is 79.8 Å². The lowest BCUT2D eigenvalue weighted by Crippen LogP contribution is -2.43. The maximum Gasteiger partial charge on any atom is 0.258 e. The first kappa shape index (κ1) is 23.3. The summed E-state index contributed by atoms with van der Waals surface area (Å²) < 4.78 is 10.9. The highest BCUT2D eigenvalue weighted by atomic mass is 35.5. The number of halogens is 3. The molecule has 0 aliphatic carbocycles. The second-order valence-corrected chi connectivity index (χ2v) is 8.54. The van der Waals surface area contributed by atoms with E-state index in [2.05, 4.69) is 10.6 Å². The second kappa shape index (κ2) is 9.65. The predicted molar refractivity (Wildman–Crippen MR) is 117 cm³/mol. The van der Waals surface area contributed by atoms with E-state index in [1.807, 2.05) is 20.8 Å². The van der Waals surface area contributed by atoms with Crippen LogP contribution in [0.2, 0.25) is 15.1 Å². The van der Waals surface area contributed by atoms with Crippen molar-refractivity contribution in [2.24, 2.45) is 0 Å². The molecular formula is C20H23Cl3N2O4. The van der Waals surface area contributed by atoms with Crippen molar-refractivity contribution in [3.05, 3.63) is 44.9 Å². The number of hydrogen-bond acceptors (Lipinski definition) is 5. The monoisotopic (exact) mass is 460 g/mol. The molecule has 0 aromatic heterocycles. The van der Waals surface area contributed by atoms with Gasteiger partial charge in [0.1, 0.15) is 0 Å². The minimum Gasteiger partial charge on any atom is -0.505 e. The molecule has 29 heavy (non-hydrogen) atoms. The van der Waals surface area contributed by atoms with E-state index >= 15 is 0 Å². The van der Waals surface area contributed by atoms with Crippen molar-refractivity contribution < 1.29 is 19.4 Å². The van der Waals surface area contributed by atoms with Crippen LogP contribution in [0.4, 0.5) is 5.69 Å². The van der Waals surface area contributed by atoms with Crippen molar-refractivity contribution >= 4 is 46.4 Å². The van der Waals surface area contributed by atoms with E-state index in [1.165, 1.54) is 7.11 Å². The van der Waals surface area contributed by atoms with Crippen molar-refractivity contribution in [2.45, 2.75) is 32.9 Å². The van der Waals surface area contributed by atoms with E-state index in [4.69, 9.17) is 44.3 Å². The zero-order chi connectivity index (χ0) is 21.8. The molecule has 2 aromatic carbocycles. The van der Waals surface area contributed by atoms with Gasteiger partial charge in [0.2, 0.25) is 0 Å². The fourth-order valence-corrected chi connectivity index (χ4v) is 3.16. The molecule has 0 saturated carbocycles. The molecule has 0 spiro atoms. The van der Waals surface area contributed by atoms with Gasteiger partial charge in [-0.25, -0.2) is 0 Å². The summed E-state index contributed by atoms with van der Waals surface area (Å²) in [5.74, 6) is 0.385. The summed E-state index contributed by atoms with van der Waals surface area (Å²) in [5.41, 5.74) is 1.000. The van der Waals surface area contributed by atoms with E-state index in [0.717, 1.165) is 5.56 Å². The van der Waals surface area contributed by atoms with Crippen LogP contribution in [0.5, 0.6) is 17.2 Å². The standard InChI is InChI=1S/C20H23Cl3N2O4/c1-20(2,3)25-18(26)10-29-17-8-13(21)11(5-16(17)28-4)9-24-12-6-14(22)19(27)15(23)7-12/h5-8,24,27H,9-10H2,1-4H3,(H,25,26). The van der Waals surface area contributed by atoms with Crippen molar-refractivity contribution in [2.75, 3.05) is 19.0 Å². The van der Waals surface area contributed by atoms with Crippen LogP contribution < -0.4 is 20.1 Å². The van der Waals surface area contributed by atoms with Gasteiger partial charge in [-0.15, -0.1) is 0 Å². The molecule has 0 saturated heterocycles. The highest BCUT2D eigenvalue weighted by Crippen LogP contribution is 2.36. The van der Waals surface area contributed by atoms with Crippen LogP contribution in [-0.2, 0) is 11.3 Å². The molecule has 1 amide bonds. The number of phenols is 1. The minimum absolute atomic E-state index is 0.140. The number of hydrogen-bond donors (Lipinski definition) is 3. The Kier molecular flexibility index (Phi) is 7.74. The molecule has 0 radical (unpaired) electrons. The number of aromatic hydroxyl groups is 1. The number of methoxy groups -OCH3 is 1. The molecule has 0 unspecified atom stereocenters. The summed E-state index contributed by atoms with van der Waals surface area (Å²) in [6.45, 7) is 5.85. The molecule has 158 valence electrons. The molecule has 0 bridgehead atoms. The molecule has 0 heterocycles. The first-order chi connectivity index (χ1) is 13.5. The third kappa shape index (κ3) is 6.77. The lowest BCUT2D eigenvalue weighted by atomic mass is 10.1. The Morgan fingerprint density at radius 1 is 1.03 bits per heavy atom. The summed E-state index contributed by atoms with van der Waals surface area (Å²) in [6.07, 6.45) is 0. The molecule has 3 N–H and O–H groups in total. The van der Waals surface area contributed by atoms with Crippen LogP contribution in [0.25, 0.3) is 0 Å². The molecule has 0 aliphatic heterocycles. The number of ether oxygens (including phenoxy) is 2. The number of amides is 1. The first-order valence-corrected chi connectivity index (χ1v) is 9.85. The highest BCUT2D eigenvalue weighted by molar-refractivity contribution is 6.37. The normalized spacial score (nSPS) is 11.1. The number of rotatable bonds is 7. The fourth-order valence-electron chi connectivity index (χ4n) is 2.45. The van der Waals surface area contributed by atoms with Crippen LogP contribution >= 0.6 is 34.8 Å². The van der Waals surface area contributed by atoms with Crippen LogP contribution in [-0.4, -0.2) is 30.3 Å². The van der Waals surface area contributed by atoms with Crippen molar-refractivity contribution in [3.63, 3.8) is 0 Å². The number of carbonyl (C=O) groups excluding carboxylic acids is 1. The molecule has 6 nitrogen and oxygen atoms in total. The van der Waals surface area contributed by atoms with Crippen LogP contribution in [0.1, 0.15) is 26.3 Å². The second-order valence-electron chi connectivity index (χ2n) is 7.32. The third-order valence-electron chi connectivity index (χ3n) is 3.71. The molecule has 2 rings (SSSR count). The van der Waals surface area contributed by atoms with Crippen LogP contribution in [0.3, 0.4) is 0 Å². The maximum atomic E-state index is 12.0. The first-order valence-electron chi connectivity index (χ1n) is 8.72. The van der Waals surface area contributed by atoms with Gasteiger partial charge in [0.25, 0.3) is 5.91 Å². The van der Waals surface area contributed by atoms with Crippen LogP contribution in [0, 0.1) is 0 Å². The van der Waals surface area contributed by atoms with Crippen LogP contribution in [0.15, 0.2) is 24.3 Å². The summed E-state index contributed by atoms with van der Waals surface area (Å²) >= 11 is 18.2. The molecule has 0 atom stereocenters. The average molecular weight is 462 g/mol. The Balaban J connectivity index is 2.10. The Labute approximate surface area is 185 Å². The summed E-state index contributed by atoms with van der Waals surface area (Å²) in [7, 11) is 1.50. The quantitative estimate of drug-likeness (QED) is 0.490. The molecule has 9 heteroatoms. The summed E-state index contributed by atoms with van der Waals surface area (Å²) in [5, 5.41) is 16.3. The molecule has 0 fully saturated rings. The van der Waals surface area contributed by atoms with Gasteiger partial charge in [-0.1, -0.05) is 34.8 Å². The third-order valence-corrected chi connectivity index (χ3v) is 4.63. The number of anilines is 1. The van der Waals surface area contributed by atoms with Gasteiger partial charge < -0.3 is 25.2 Å². The minimum atomic E-state index is -0.349. The predicted octanol–water partition coefficient (Wildman–Crippen LogP) is 5.27. The summed E-state index contributed by atoms with van der Waals surface area (Å²) in [4.78, 5) is 12.0. The lowest BCUT2D eigenvalue weighted by Gasteiger charge is -2.21. The van der Waals surface area contributed by atoms with Gasteiger partial charge in [0.05, 0.1) is 17.2 Å². The van der Waals surface area contributed by atoms with E-state index in [1.54, 1.807) is 24.3 Å². The maximum absolute atomic E-state index is 12.0. The molecular weight excluding hydrogens is 439 g/mol. The Hall–Kier alpha value is -2.02. The molecule has 2 aromatic rings. The molecule has 0 aliphatic rings. The van der Waals surface area contributed by atoms with Crippen molar-refractivity contribution in [3.8, 4) is 17.2 Å². The van der Waals surface area contributed by atoms with Gasteiger partial charge in [-0.3, -0.25) is 4.79 Å². The Morgan fingerprint density at radius 2 is 1.66 bits per heavy atom. The number of phenolic OH excluding ortho intramolecular Hbond substituents is 1. The Bertz CT molecular complexity index is 875. The lowest BCUT2D eigenvalue weighted by molar-refractivity contribution is -0.124. The van der Waals surface area contributed by atoms with Gasteiger partial charge in [0, 0.05) is 28.9 Å². The fraction of sp³-hybridized carbons (Fsp3) is 0.350.